The largest absolute Gasteiger partial charge is 0.478 e. The Balaban J connectivity index is 0. The summed E-state index contributed by atoms with van der Waals surface area (Å²) in [5.74, 6) is -1.22. The first kappa shape index (κ1) is 39.3. The van der Waals surface area contributed by atoms with Gasteiger partial charge in [-0.05, 0) is 19.8 Å². The Labute approximate surface area is 239 Å². The Hall–Kier alpha value is -1.89. The lowest BCUT2D eigenvalue weighted by molar-refractivity contribution is -0.146. The van der Waals surface area contributed by atoms with Gasteiger partial charge in [0.1, 0.15) is 13.2 Å². The lowest BCUT2D eigenvalue weighted by Crippen LogP contribution is -2.14. The molecule has 39 heavy (non-hydrogen) atoms. The summed E-state index contributed by atoms with van der Waals surface area (Å²) < 4.78 is 15.7. The molecule has 1 N–H and O–H groups in total. The first-order valence-electron chi connectivity index (χ1n) is 15.6. The van der Waals surface area contributed by atoms with Gasteiger partial charge in [0, 0.05) is 18.4 Å². The Morgan fingerprint density at radius 1 is 0.538 bits per heavy atom. The standard InChI is InChI=1S/C28H54O5.C4H6O2/c1-3-5-7-9-11-13-15-17-19-21-27(29)32-25-23-31-24-26-33-28(30)22-20-18-16-14-12-10-8-6-4-2;1-3(2)4(5)6/h3-26H2,1-2H3;1H2,2H3,(H,5,6). The number of hydrogen-bond donors (Lipinski definition) is 1. The minimum Gasteiger partial charge on any atom is -0.478 e. The normalized spacial score (nSPS) is 10.4. The fraction of sp³-hybridized carbons (Fsp3) is 0.844. The molecule has 0 rings (SSSR count). The number of carbonyl (C=O) groups excluding carboxylic acids is 2. The van der Waals surface area contributed by atoms with Crippen molar-refractivity contribution in [2.75, 3.05) is 26.4 Å². The Morgan fingerprint density at radius 3 is 1.10 bits per heavy atom. The molecule has 0 aromatic heterocycles. The summed E-state index contributed by atoms with van der Waals surface area (Å²) in [6.07, 6.45) is 23.3. The van der Waals surface area contributed by atoms with E-state index in [1.807, 2.05) is 0 Å². The average molecular weight is 557 g/mol. The Morgan fingerprint density at radius 2 is 0.821 bits per heavy atom. The molecular formula is C32H60O7. The number of aliphatic carboxylic acids is 1. The Bertz CT molecular complexity index is 539. The van der Waals surface area contributed by atoms with Gasteiger partial charge in [0.05, 0.1) is 13.2 Å². The van der Waals surface area contributed by atoms with Crippen LogP contribution in [0.5, 0.6) is 0 Å². The van der Waals surface area contributed by atoms with Crippen LogP contribution in [-0.4, -0.2) is 49.4 Å². The molecule has 0 unspecified atom stereocenters. The van der Waals surface area contributed by atoms with Crippen LogP contribution >= 0.6 is 0 Å². The highest BCUT2D eigenvalue weighted by Gasteiger charge is 2.04. The molecule has 0 atom stereocenters. The van der Waals surface area contributed by atoms with Gasteiger partial charge < -0.3 is 19.3 Å². The van der Waals surface area contributed by atoms with Crippen LogP contribution in [0.15, 0.2) is 12.2 Å². The van der Waals surface area contributed by atoms with Crippen molar-refractivity contribution >= 4 is 17.9 Å². The van der Waals surface area contributed by atoms with Crippen molar-refractivity contribution in [3.05, 3.63) is 12.2 Å². The highest BCUT2D eigenvalue weighted by atomic mass is 16.6. The third kappa shape index (κ3) is 36.1. The van der Waals surface area contributed by atoms with Crippen LogP contribution in [0.2, 0.25) is 0 Å². The number of carbonyl (C=O) groups is 3. The fourth-order valence-electron chi connectivity index (χ4n) is 3.84. The van der Waals surface area contributed by atoms with E-state index in [0.717, 1.165) is 25.7 Å². The average Bonchev–Trinajstić information content (AvgIpc) is 2.91. The van der Waals surface area contributed by atoms with Crippen molar-refractivity contribution in [1.29, 1.82) is 0 Å². The van der Waals surface area contributed by atoms with Gasteiger partial charge in [-0.15, -0.1) is 0 Å². The highest BCUT2D eigenvalue weighted by Crippen LogP contribution is 2.12. The zero-order valence-electron chi connectivity index (χ0n) is 25.6. The maximum atomic E-state index is 11.7. The first-order valence-corrected chi connectivity index (χ1v) is 15.6. The maximum absolute atomic E-state index is 11.7. The fourth-order valence-corrected chi connectivity index (χ4v) is 3.84. The topological polar surface area (TPSA) is 99.1 Å². The molecule has 0 bridgehead atoms. The minimum absolute atomic E-state index is 0.145. The van der Waals surface area contributed by atoms with Gasteiger partial charge in [-0.2, -0.15) is 0 Å². The molecule has 0 aliphatic carbocycles. The summed E-state index contributed by atoms with van der Waals surface area (Å²) in [5, 5.41) is 7.89. The van der Waals surface area contributed by atoms with Crippen LogP contribution in [0.3, 0.4) is 0 Å². The molecule has 7 nitrogen and oxygen atoms in total. The second-order valence-corrected chi connectivity index (χ2v) is 10.3. The molecule has 7 heteroatoms. The molecule has 0 aromatic rings. The number of rotatable bonds is 27. The monoisotopic (exact) mass is 556 g/mol. The van der Waals surface area contributed by atoms with Crippen LogP contribution in [-0.2, 0) is 28.6 Å². The van der Waals surface area contributed by atoms with Gasteiger partial charge in [0.15, 0.2) is 0 Å². The van der Waals surface area contributed by atoms with Gasteiger partial charge in [-0.1, -0.05) is 123 Å². The number of hydrogen-bond acceptors (Lipinski definition) is 6. The minimum atomic E-state index is -0.935. The summed E-state index contributed by atoms with van der Waals surface area (Å²) >= 11 is 0. The molecule has 0 saturated heterocycles. The molecule has 0 amide bonds. The van der Waals surface area contributed by atoms with E-state index in [1.54, 1.807) is 0 Å². The van der Waals surface area contributed by atoms with Crippen molar-refractivity contribution in [1.82, 2.24) is 0 Å². The van der Waals surface area contributed by atoms with Crippen LogP contribution in [0.4, 0.5) is 0 Å². The van der Waals surface area contributed by atoms with Crippen LogP contribution in [0.1, 0.15) is 149 Å². The van der Waals surface area contributed by atoms with Gasteiger partial charge in [-0.25, -0.2) is 4.79 Å². The predicted molar refractivity (Wildman–Crippen MR) is 159 cm³/mol. The zero-order chi connectivity index (χ0) is 29.4. The summed E-state index contributed by atoms with van der Waals surface area (Å²) in [7, 11) is 0. The van der Waals surface area contributed by atoms with E-state index in [2.05, 4.69) is 20.4 Å². The second kappa shape index (κ2) is 32.3. The van der Waals surface area contributed by atoms with E-state index in [-0.39, 0.29) is 30.7 Å². The number of ether oxygens (including phenoxy) is 3. The summed E-state index contributed by atoms with van der Waals surface area (Å²) in [5.41, 5.74) is 0.176. The smallest absolute Gasteiger partial charge is 0.330 e. The highest BCUT2D eigenvalue weighted by molar-refractivity contribution is 5.84. The van der Waals surface area contributed by atoms with Crippen LogP contribution in [0, 0.1) is 0 Å². The third-order valence-electron chi connectivity index (χ3n) is 6.32. The molecule has 0 saturated carbocycles. The van der Waals surface area contributed by atoms with Gasteiger partial charge in [0.2, 0.25) is 0 Å². The molecule has 0 aromatic carbocycles. The van der Waals surface area contributed by atoms with Crippen LogP contribution in [0.25, 0.3) is 0 Å². The van der Waals surface area contributed by atoms with Crippen molar-refractivity contribution in [2.45, 2.75) is 149 Å². The lowest BCUT2D eigenvalue weighted by Gasteiger charge is -2.07. The third-order valence-corrected chi connectivity index (χ3v) is 6.32. The molecule has 230 valence electrons. The molecule has 0 heterocycles. The second-order valence-electron chi connectivity index (χ2n) is 10.3. The molecule has 0 aliphatic heterocycles. The van der Waals surface area contributed by atoms with Crippen molar-refractivity contribution < 1.29 is 33.7 Å². The van der Waals surface area contributed by atoms with E-state index < -0.39 is 5.97 Å². The van der Waals surface area contributed by atoms with Gasteiger partial charge >= 0.3 is 17.9 Å². The quantitative estimate of drug-likeness (QED) is 0.0614. The first-order chi connectivity index (χ1) is 18.8. The molecule has 0 spiro atoms. The van der Waals surface area contributed by atoms with E-state index in [9.17, 15) is 14.4 Å². The molecule has 0 aliphatic rings. The molecular weight excluding hydrogens is 496 g/mol. The SMILES string of the molecule is C=C(C)C(=O)O.CCCCCCCCCCCC(=O)OCCOCCOC(=O)CCCCCCCCCCC. The summed E-state index contributed by atoms with van der Waals surface area (Å²) in [4.78, 5) is 33.0. The van der Waals surface area contributed by atoms with Crippen LogP contribution < -0.4 is 0 Å². The Kier molecular flexibility index (Phi) is 32.5. The zero-order valence-corrected chi connectivity index (χ0v) is 25.6. The van der Waals surface area contributed by atoms with E-state index >= 15 is 0 Å². The molecule has 0 radical (unpaired) electrons. The number of carboxylic acid groups (broad SMARTS) is 1. The lowest BCUT2D eigenvalue weighted by atomic mass is 10.1. The number of esters is 2. The van der Waals surface area contributed by atoms with Gasteiger partial charge in [-0.3, -0.25) is 9.59 Å². The number of unbranched alkanes of at least 4 members (excludes halogenated alkanes) is 16. The van der Waals surface area contributed by atoms with Gasteiger partial charge in [0.25, 0.3) is 0 Å². The van der Waals surface area contributed by atoms with E-state index in [4.69, 9.17) is 19.3 Å². The van der Waals surface area contributed by atoms with Crippen molar-refractivity contribution in [3.8, 4) is 0 Å². The summed E-state index contributed by atoms with van der Waals surface area (Å²) in [6, 6.07) is 0. The van der Waals surface area contributed by atoms with Crippen molar-refractivity contribution in [2.24, 2.45) is 0 Å². The molecule has 0 fully saturated rings. The predicted octanol–water partition coefficient (Wildman–Crippen LogP) is 8.58. The van der Waals surface area contributed by atoms with E-state index in [0.29, 0.717) is 26.1 Å². The van der Waals surface area contributed by atoms with E-state index in [1.165, 1.54) is 96.8 Å². The number of carboxylic acids is 1. The maximum Gasteiger partial charge on any atom is 0.330 e. The van der Waals surface area contributed by atoms with Crippen molar-refractivity contribution in [3.63, 3.8) is 0 Å². The summed E-state index contributed by atoms with van der Waals surface area (Å²) in [6.45, 7) is 10.3.